The Morgan fingerprint density at radius 3 is 2.75 bits per heavy atom. The van der Waals surface area contributed by atoms with Crippen molar-refractivity contribution in [3.05, 3.63) is 17.3 Å². The molecule has 0 aromatic carbocycles. The first-order chi connectivity index (χ1) is 5.81. The zero-order chi connectivity index (χ0) is 8.55. The van der Waals surface area contributed by atoms with Gasteiger partial charge in [0.05, 0.1) is 5.69 Å². The van der Waals surface area contributed by atoms with E-state index >= 15 is 0 Å². The Balaban J connectivity index is 2.21. The van der Waals surface area contributed by atoms with E-state index in [1.807, 2.05) is 6.92 Å². The van der Waals surface area contributed by atoms with Crippen molar-refractivity contribution in [1.82, 2.24) is 4.98 Å². The summed E-state index contributed by atoms with van der Waals surface area (Å²) in [7, 11) is 0. The summed E-state index contributed by atoms with van der Waals surface area (Å²) >= 11 is 0. The number of aromatic nitrogens is 1. The predicted molar refractivity (Wildman–Crippen MR) is 43.8 cm³/mol. The van der Waals surface area contributed by atoms with Gasteiger partial charge >= 0.3 is 0 Å². The Kier molecular flexibility index (Phi) is 1.89. The number of hydrogen-bond donors (Lipinski definition) is 1. The minimum absolute atomic E-state index is 0.0362. The second-order valence-corrected chi connectivity index (χ2v) is 3.35. The number of aryl methyl sites for hydroxylation is 1. The summed E-state index contributed by atoms with van der Waals surface area (Å²) in [6.07, 6.45) is 3.65. The van der Waals surface area contributed by atoms with E-state index in [0.29, 0.717) is 11.7 Å². The van der Waals surface area contributed by atoms with Crippen molar-refractivity contribution < 1.29 is 9.52 Å². The lowest BCUT2D eigenvalue weighted by Crippen LogP contribution is -2.08. The summed E-state index contributed by atoms with van der Waals surface area (Å²) in [4.78, 5) is 4.28. The van der Waals surface area contributed by atoms with Crippen molar-refractivity contribution in [1.29, 1.82) is 0 Å². The molecule has 66 valence electrons. The molecule has 1 aliphatic carbocycles. The minimum atomic E-state index is -0.0362. The standard InChI is InChI=1S/C9H13NO2/c1-6-8(5-11)12-9(10-6)7-3-2-4-7/h7,11H,2-5H2,1H3. The van der Waals surface area contributed by atoms with Crippen LogP contribution in [0.2, 0.25) is 0 Å². The summed E-state index contributed by atoms with van der Waals surface area (Å²) in [6.45, 7) is 1.84. The second-order valence-electron chi connectivity index (χ2n) is 3.35. The molecule has 0 atom stereocenters. The van der Waals surface area contributed by atoms with Gasteiger partial charge in [-0.25, -0.2) is 4.98 Å². The maximum atomic E-state index is 8.87. The molecule has 3 heteroatoms. The Labute approximate surface area is 71.4 Å². The third-order valence-corrected chi connectivity index (χ3v) is 2.51. The summed E-state index contributed by atoms with van der Waals surface area (Å²) < 4.78 is 5.41. The average Bonchev–Trinajstić information content (AvgIpc) is 2.27. The fourth-order valence-corrected chi connectivity index (χ4v) is 1.43. The average molecular weight is 167 g/mol. The van der Waals surface area contributed by atoms with Crippen LogP contribution in [-0.2, 0) is 6.61 Å². The highest BCUT2D eigenvalue weighted by molar-refractivity contribution is 5.10. The highest BCUT2D eigenvalue weighted by Crippen LogP contribution is 2.36. The van der Waals surface area contributed by atoms with E-state index in [9.17, 15) is 0 Å². The van der Waals surface area contributed by atoms with Crippen molar-refractivity contribution in [2.24, 2.45) is 0 Å². The van der Waals surface area contributed by atoms with Crippen LogP contribution in [0.3, 0.4) is 0 Å². The Morgan fingerprint density at radius 2 is 2.33 bits per heavy atom. The molecule has 2 rings (SSSR count). The van der Waals surface area contributed by atoms with Crippen molar-refractivity contribution in [3.8, 4) is 0 Å². The van der Waals surface area contributed by atoms with Crippen LogP contribution < -0.4 is 0 Å². The van der Waals surface area contributed by atoms with Crippen LogP contribution in [0.25, 0.3) is 0 Å². The first-order valence-electron chi connectivity index (χ1n) is 4.38. The Morgan fingerprint density at radius 1 is 1.58 bits per heavy atom. The van der Waals surface area contributed by atoms with Gasteiger partial charge in [-0.05, 0) is 19.8 Å². The molecule has 0 bridgehead atoms. The third-order valence-electron chi connectivity index (χ3n) is 2.51. The van der Waals surface area contributed by atoms with Crippen LogP contribution in [0.4, 0.5) is 0 Å². The van der Waals surface area contributed by atoms with Crippen molar-refractivity contribution >= 4 is 0 Å². The molecule has 0 aliphatic heterocycles. The van der Waals surface area contributed by atoms with Crippen LogP contribution in [0.5, 0.6) is 0 Å². The van der Waals surface area contributed by atoms with Crippen LogP contribution in [0.15, 0.2) is 4.42 Å². The Hall–Kier alpha value is -0.830. The van der Waals surface area contributed by atoms with Gasteiger partial charge in [-0.2, -0.15) is 0 Å². The number of nitrogens with zero attached hydrogens (tertiary/aromatic N) is 1. The number of aliphatic hydroxyl groups is 1. The molecule has 0 spiro atoms. The molecule has 1 aliphatic rings. The largest absolute Gasteiger partial charge is 0.443 e. The van der Waals surface area contributed by atoms with E-state index in [1.54, 1.807) is 0 Å². The molecule has 0 saturated heterocycles. The lowest BCUT2D eigenvalue weighted by atomic mass is 9.85. The maximum Gasteiger partial charge on any atom is 0.197 e. The number of oxazole rings is 1. The Bertz CT molecular complexity index is 276. The first-order valence-corrected chi connectivity index (χ1v) is 4.38. The molecule has 3 nitrogen and oxygen atoms in total. The van der Waals surface area contributed by atoms with Gasteiger partial charge in [0.25, 0.3) is 0 Å². The van der Waals surface area contributed by atoms with Gasteiger partial charge in [0.2, 0.25) is 0 Å². The molecular weight excluding hydrogens is 154 g/mol. The lowest BCUT2D eigenvalue weighted by molar-refractivity contribution is 0.233. The van der Waals surface area contributed by atoms with Crippen LogP contribution >= 0.6 is 0 Å². The highest BCUT2D eigenvalue weighted by Gasteiger charge is 2.25. The third kappa shape index (κ3) is 1.14. The molecule has 0 radical (unpaired) electrons. The quantitative estimate of drug-likeness (QED) is 0.729. The normalized spacial score (nSPS) is 17.8. The van der Waals surface area contributed by atoms with E-state index in [2.05, 4.69) is 4.98 Å². The van der Waals surface area contributed by atoms with Gasteiger partial charge in [0.15, 0.2) is 11.7 Å². The second kappa shape index (κ2) is 2.90. The van der Waals surface area contributed by atoms with Crippen LogP contribution in [0.1, 0.15) is 42.5 Å². The molecule has 0 unspecified atom stereocenters. The number of rotatable bonds is 2. The van der Waals surface area contributed by atoms with Crippen molar-refractivity contribution in [2.45, 2.75) is 38.7 Å². The lowest BCUT2D eigenvalue weighted by Gasteiger charge is -2.21. The van der Waals surface area contributed by atoms with E-state index in [0.717, 1.165) is 11.6 Å². The SMILES string of the molecule is Cc1nc(C2CCC2)oc1CO. The van der Waals surface area contributed by atoms with E-state index < -0.39 is 0 Å². The highest BCUT2D eigenvalue weighted by atomic mass is 16.4. The topological polar surface area (TPSA) is 46.3 Å². The van der Waals surface area contributed by atoms with Gasteiger partial charge in [-0.1, -0.05) is 6.42 Å². The molecule has 1 N–H and O–H groups in total. The summed E-state index contributed by atoms with van der Waals surface area (Å²) in [5.41, 5.74) is 0.833. The van der Waals surface area contributed by atoms with Crippen molar-refractivity contribution in [2.75, 3.05) is 0 Å². The van der Waals surface area contributed by atoms with Crippen LogP contribution in [-0.4, -0.2) is 10.1 Å². The molecule has 1 fully saturated rings. The number of hydrogen-bond acceptors (Lipinski definition) is 3. The van der Waals surface area contributed by atoms with Crippen LogP contribution in [0, 0.1) is 6.92 Å². The summed E-state index contributed by atoms with van der Waals surface area (Å²) in [6, 6.07) is 0. The van der Waals surface area contributed by atoms with E-state index in [1.165, 1.54) is 19.3 Å². The van der Waals surface area contributed by atoms with Gasteiger partial charge < -0.3 is 9.52 Å². The fourth-order valence-electron chi connectivity index (χ4n) is 1.43. The molecule has 0 amide bonds. The van der Waals surface area contributed by atoms with E-state index in [-0.39, 0.29) is 6.61 Å². The summed E-state index contributed by atoms with van der Waals surface area (Å²) in [5.74, 6) is 1.96. The fraction of sp³-hybridized carbons (Fsp3) is 0.667. The first kappa shape index (κ1) is 7.80. The summed E-state index contributed by atoms with van der Waals surface area (Å²) in [5, 5.41) is 8.87. The molecule has 1 aromatic heterocycles. The monoisotopic (exact) mass is 167 g/mol. The molecule has 12 heavy (non-hydrogen) atoms. The number of aliphatic hydroxyl groups excluding tert-OH is 1. The van der Waals surface area contributed by atoms with Gasteiger partial charge in [-0.15, -0.1) is 0 Å². The molecular formula is C9H13NO2. The zero-order valence-electron chi connectivity index (χ0n) is 7.21. The molecule has 1 saturated carbocycles. The van der Waals surface area contributed by atoms with Gasteiger partial charge in [-0.3, -0.25) is 0 Å². The molecule has 1 aromatic rings. The molecule has 1 heterocycles. The van der Waals surface area contributed by atoms with Gasteiger partial charge in [0.1, 0.15) is 6.61 Å². The van der Waals surface area contributed by atoms with E-state index in [4.69, 9.17) is 9.52 Å². The van der Waals surface area contributed by atoms with Gasteiger partial charge in [0, 0.05) is 5.92 Å². The minimum Gasteiger partial charge on any atom is -0.443 e. The van der Waals surface area contributed by atoms with Crippen molar-refractivity contribution in [3.63, 3.8) is 0 Å². The maximum absolute atomic E-state index is 8.87. The zero-order valence-corrected chi connectivity index (χ0v) is 7.21. The smallest absolute Gasteiger partial charge is 0.197 e. The predicted octanol–water partition coefficient (Wildman–Crippen LogP) is 1.74.